The van der Waals surface area contributed by atoms with Crippen LogP contribution in [0.5, 0.6) is 0 Å². The summed E-state index contributed by atoms with van der Waals surface area (Å²) in [6, 6.07) is 22.4. The van der Waals surface area contributed by atoms with Crippen LogP contribution in [0.1, 0.15) is 27.7 Å². The number of thiophene rings is 1. The number of ketones is 1. The highest BCUT2D eigenvalue weighted by Crippen LogP contribution is 2.36. The van der Waals surface area contributed by atoms with Crippen molar-refractivity contribution in [2.45, 2.75) is 20.0 Å². The van der Waals surface area contributed by atoms with Gasteiger partial charge >= 0.3 is 0 Å². The van der Waals surface area contributed by atoms with Gasteiger partial charge in [-0.15, -0.1) is 11.3 Å². The maximum atomic E-state index is 11.9. The van der Waals surface area contributed by atoms with Crippen LogP contribution in [0.2, 0.25) is 0 Å². The molecule has 3 N–H and O–H groups in total. The van der Waals surface area contributed by atoms with E-state index in [0.29, 0.717) is 6.54 Å². The molecule has 7 rings (SSSR count). The van der Waals surface area contributed by atoms with Crippen molar-refractivity contribution in [3.05, 3.63) is 108 Å². The summed E-state index contributed by atoms with van der Waals surface area (Å²) in [5.41, 5.74) is 8.37. The number of fused-ring (bicyclic) bond motifs is 2. The zero-order valence-electron chi connectivity index (χ0n) is 22.2. The molecule has 9 heteroatoms. The molecule has 0 unspecified atom stereocenters. The van der Waals surface area contributed by atoms with Gasteiger partial charge in [-0.3, -0.25) is 19.9 Å². The number of rotatable bonds is 8. The second-order valence-electron chi connectivity index (χ2n) is 9.88. The predicted octanol–water partition coefficient (Wildman–Crippen LogP) is 6.78. The van der Waals surface area contributed by atoms with Gasteiger partial charge in [0.2, 0.25) is 0 Å². The maximum Gasteiger partial charge on any atom is 0.169 e. The molecule has 0 radical (unpaired) electrons. The first-order chi connectivity index (χ1) is 20.1. The van der Waals surface area contributed by atoms with Crippen LogP contribution < -0.4 is 5.32 Å². The molecule has 6 heterocycles. The lowest BCUT2D eigenvalue weighted by molar-refractivity contribution is 0.102. The number of Topliss-reactive ketones (excluding diaryl/α,β-unsaturated/α-hetero) is 1. The summed E-state index contributed by atoms with van der Waals surface area (Å²) in [7, 11) is 0. The van der Waals surface area contributed by atoms with Crippen molar-refractivity contribution >= 4 is 39.1 Å². The van der Waals surface area contributed by atoms with Gasteiger partial charge in [0, 0.05) is 58.5 Å². The van der Waals surface area contributed by atoms with E-state index in [1.165, 1.54) is 16.9 Å². The minimum absolute atomic E-state index is 0.0675. The van der Waals surface area contributed by atoms with E-state index in [-0.39, 0.29) is 5.78 Å². The van der Waals surface area contributed by atoms with Crippen LogP contribution in [-0.4, -0.2) is 35.9 Å². The number of aromatic nitrogens is 6. The number of carbonyl (C=O) groups is 1. The molecule has 41 heavy (non-hydrogen) atoms. The summed E-state index contributed by atoms with van der Waals surface area (Å²) in [4.78, 5) is 30.8. The van der Waals surface area contributed by atoms with Gasteiger partial charge in [-0.2, -0.15) is 5.10 Å². The minimum atomic E-state index is 0.0675. The number of hydrogen-bond donors (Lipinski definition) is 3. The molecule has 0 aliphatic carbocycles. The van der Waals surface area contributed by atoms with E-state index in [0.717, 1.165) is 72.0 Å². The van der Waals surface area contributed by atoms with Gasteiger partial charge in [-0.05, 0) is 54.4 Å². The van der Waals surface area contributed by atoms with Gasteiger partial charge < -0.3 is 10.3 Å². The minimum Gasteiger partial charge on any atom is -0.338 e. The van der Waals surface area contributed by atoms with E-state index in [1.807, 2.05) is 61.1 Å². The van der Waals surface area contributed by atoms with E-state index in [1.54, 1.807) is 13.1 Å². The first kappa shape index (κ1) is 25.0. The van der Waals surface area contributed by atoms with Crippen molar-refractivity contribution < 1.29 is 4.79 Å². The Labute approximate surface area is 239 Å². The number of pyridine rings is 3. The third-order valence-electron chi connectivity index (χ3n) is 7.04. The highest BCUT2D eigenvalue weighted by atomic mass is 32.1. The van der Waals surface area contributed by atoms with E-state index >= 15 is 0 Å². The number of aromatic amines is 2. The molecule has 0 amide bonds. The van der Waals surface area contributed by atoms with Gasteiger partial charge in [0.05, 0.1) is 28.0 Å². The molecule has 8 nitrogen and oxygen atoms in total. The van der Waals surface area contributed by atoms with Crippen LogP contribution in [0, 0.1) is 0 Å². The Kier molecular flexibility index (Phi) is 6.42. The molecule has 0 atom stereocenters. The van der Waals surface area contributed by atoms with Gasteiger partial charge in [0.25, 0.3) is 0 Å². The van der Waals surface area contributed by atoms with Crippen molar-refractivity contribution in [3.8, 4) is 33.1 Å². The van der Waals surface area contributed by atoms with E-state index in [9.17, 15) is 4.79 Å². The molecule has 0 aliphatic heterocycles. The van der Waals surface area contributed by atoms with Crippen LogP contribution >= 0.6 is 11.3 Å². The second kappa shape index (κ2) is 10.5. The molecule has 6 aromatic heterocycles. The molecule has 0 bridgehead atoms. The number of carbonyl (C=O) groups excluding carboxylic acids is 1. The Balaban J connectivity index is 1.19. The van der Waals surface area contributed by atoms with Crippen molar-refractivity contribution in [3.63, 3.8) is 0 Å². The van der Waals surface area contributed by atoms with Gasteiger partial charge in [-0.1, -0.05) is 30.3 Å². The topological polar surface area (TPSA) is 112 Å². The summed E-state index contributed by atoms with van der Waals surface area (Å²) in [5, 5.41) is 13.1. The Bertz CT molecular complexity index is 2020. The highest BCUT2D eigenvalue weighted by Gasteiger charge is 2.16. The van der Waals surface area contributed by atoms with Gasteiger partial charge in [0.1, 0.15) is 11.3 Å². The zero-order valence-corrected chi connectivity index (χ0v) is 23.0. The van der Waals surface area contributed by atoms with E-state index < -0.39 is 0 Å². The van der Waals surface area contributed by atoms with Crippen LogP contribution in [0.3, 0.4) is 0 Å². The molecule has 7 aromatic rings. The average molecular weight is 556 g/mol. The lowest BCUT2D eigenvalue weighted by Crippen LogP contribution is -2.12. The van der Waals surface area contributed by atoms with Gasteiger partial charge in [0.15, 0.2) is 5.78 Å². The smallest absolute Gasteiger partial charge is 0.169 e. The first-order valence-electron chi connectivity index (χ1n) is 13.2. The number of H-pyrrole nitrogens is 2. The molecular weight excluding hydrogens is 530 g/mol. The molecule has 1 aromatic carbocycles. The maximum absolute atomic E-state index is 11.9. The van der Waals surface area contributed by atoms with Crippen LogP contribution in [0.15, 0.2) is 91.5 Å². The molecule has 0 saturated heterocycles. The predicted molar refractivity (Wildman–Crippen MR) is 163 cm³/mol. The lowest BCUT2D eigenvalue weighted by Gasteiger charge is -2.07. The molecular formula is C32H25N7OS. The largest absolute Gasteiger partial charge is 0.338 e. The van der Waals surface area contributed by atoms with E-state index in [2.05, 4.69) is 59.7 Å². The summed E-state index contributed by atoms with van der Waals surface area (Å²) < 4.78 is 0. The Hall–Kier alpha value is -4.99. The Morgan fingerprint density at radius 1 is 0.902 bits per heavy atom. The van der Waals surface area contributed by atoms with Crippen molar-refractivity contribution in [2.24, 2.45) is 0 Å². The third-order valence-corrected chi connectivity index (χ3v) is 8.26. The monoisotopic (exact) mass is 555 g/mol. The molecule has 0 fully saturated rings. The summed E-state index contributed by atoms with van der Waals surface area (Å²) in [5.74, 6) is 0.0675. The lowest BCUT2D eigenvalue weighted by atomic mass is 10.1. The molecule has 200 valence electrons. The Morgan fingerprint density at radius 2 is 1.78 bits per heavy atom. The van der Waals surface area contributed by atoms with Gasteiger partial charge in [-0.25, -0.2) is 4.98 Å². The number of benzene rings is 1. The standard InChI is InChI=1S/C32H25N7OS/c1-19(40)29-7-8-30(41-29)23-9-10-35-32-24(23)12-27(37-32)31-25-13-26(36-18-28(25)38-39-31)22-11-21(16-34-17-22)15-33-14-20-5-3-2-4-6-20/h2-13,16-18,33H,14-15H2,1H3,(H,35,37)(H,38,39). The fourth-order valence-corrected chi connectivity index (χ4v) is 5.93. The fraction of sp³-hybridized carbons (Fsp3) is 0.0938. The Morgan fingerprint density at radius 3 is 2.63 bits per heavy atom. The quantitative estimate of drug-likeness (QED) is 0.178. The van der Waals surface area contributed by atoms with E-state index in [4.69, 9.17) is 0 Å². The number of nitrogens with zero attached hydrogens (tertiary/aromatic N) is 4. The molecule has 0 spiro atoms. The SMILES string of the molecule is CC(=O)c1ccc(-c2ccnc3[nH]c(-c4n[nH]c5cnc(-c6cncc(CNCc7ccccc7)c6)cc45)cc23)s1. The van der Waals surface area contributed by atoms with Crippen molar-refractivity contribution in [1.82, 2.24) is 35.5 Å². The van der Waals surface area contributed by atoms with Crippen molar-refractivity contribution in [1.29, 1.82) is 0 Å². The second-order valence-corrected chi connectivity index (χ2v) is 11.0. The van der Waals surface area contributed by atoms with Crippen LogP contribution in [0.4, 0.5) is 0 Å². The fourth-order valence-electron chi connectivity index (χ4n) is 4.99. The summed E-state index contributed by atoms with van der Waals surface area (Å²) in [6.45, 7) is 3.09. The molecule has 0 aliphatic rings. The number of nitrogens with one attached hydrogen (secondary N) is 3. The normalized spacial score (nSPS) is 11.4. The summed E-state index contributed by atoms with van der Waals surface area (Å²) in [6.07, 6.45) is 7.31. The number of hydrogen-bond acceptors (Lipinski definition) is 7. The van der Waals surface area contributed by atoms with Crippen molar-refractivity contribution in [2.75, 3.05) is 0 Å². The highest BCUT2D eigenvalue weighted by molar-refractivity contribution is 7.17. The van der Waals surface area contributed by atoms with Crippen LogP contribution in [0.25, 0.3) is 55.0 Å². The zero-order chi connectivity index (χ0) is 27.8. The first-order valence-corrected chi connectivity index (χ1v) is 14.1. The summed E-state index contributed by atoms with van der Waals surface area (Å²) >= 11 is 1.49. The average Bonchev–Trinajstić information content (AvgIpc) is 3.76. The molecule has 0 saturated carbocycles. The van der Waals surface area contributed by atoms with Crippen LogP contribution in [-0.2, 0) is 13.1 Å². The third kappa shape index (κ3) is 4.93.